The van der Waals surface area contributed by atoms with E-state index in [-0.39, 0.29) is 11.2 Å². The summed E-state index contributed by atoms with van der Waals surface area (Å²) in [5, 5.41) is 4.47. The van der Waals surface area contributed by atoms with Gasteiger partial charge in [0, 0.05) is 30.2 Å². The molecule has 4 fully saturated rings. The molecule has 2 saturated heterocycles. The van der Waals surface area contributed by atoms with Crippen LogP contribution in [-0.2, 0) is 15.9 Å². The molecule has 244 valence electrons. The number of hydrogen-bond acceptors (Lipinski definition) is 8. The SMILES string of the molecule is COc1cc(Nc2nc3c(s2)C2=CC[C@H]4[C@@H]5C[C@@H]6O[C@@]7(CC[C@@H](C)CO7)[C@@H](C)[C@@H]6[C@@]5(C)CC[C@@H]4[C@@]2(C)CC3)cc(OC)c1OC. The molecule has 2 saturated carbocycles. The molecule has 8 heteroatoms. The summed E-state index contributed by atoms with van der Waals surface area (Å²) in [7, 11) is 4.92. The Balaban J connectivity index is 1.05. The van der Waals surface area contributed by atoms with E-state index in [1.807, 2.05) is 12.1 Å². The first kappa shape index (κ1) is 30.1. The maximum absolute atomic E-state index is 7.01. The molecule has 0 bridgehead atoms. The van der Waals surface area contributed by atoms with E-state index in [9.17, 15) is 0 Å². The Morgan fingerprint density at radius 1 is 0.978 bits per heavy atom. The van der Waals surface area contributed by atoms with Gasteiger partial charge in [0.05, 0.1) is 44.6 Å². The molecule has 45 heavy (non-hydrogen) atoms. The van der Waals surface area contributed by atoms with Crippen LogP contribution in [-0.4, -0.2) is 44.8 Å². The van der Waals surface area contributed by atoms with Gasteiger partial charge in [0.25, 0.3) is 0 Å². The molecule has 0 amide bonds. The predicted octanol–water partition coefficient (Wildman–Crippen LogP) is 8.50. The number of benzene rings is 1. The summed E-state index contributed by atoms with van der Waals surface area (Å²) in [6.07, 6.45) is 12.5. The first-order valence-corrected chi connectivity index (χ1v) is 18.0. The Bertz CT molecular complexity index is 1490. The Morgan fingerprint density at radius 2 is 1.76 bits per heavy atom. The third-order valence-electron chi connectivity index (χ3n) is 13.5. The van der Waals surface area contributed by atoms with Gasteiger partial charge in [-0.15, -0.1) is 0 Å². The lowest BCUT2D eigenvalue weighted by Gasteiger charge is -2.57. The van der Waals surface area contributed by atoms with Crippen LogP contribution in [0.3, 0.4) is 0 Å². The van der Waals surface area contributed by atoms with Crippen molar-refractivity contribution in [3.05, 3.63) is 28.8 Å². The topological polar surface area (TPSA) is 71.1 Å². The van der Waals surface area contributed by atoms with Gasteiger partial charge >= 0.3 is 0 Å². The summed E-state index contributed by atoms with van der Waals surface area (Å²) in [6.45, 7) is 10.8. The van der Waals surface area contributed by atoms with E-state index in [1.165, 1.54) is 49.1 Å². The lowest BCUT2D eigenvalue weighted by atomic mass is 9.47. The second-order valence-electron chi connectivity index (χ2n) is 15.5. The van der Waals surface area contributed by atoms with Crippen molar-refractivity contribution >= 4 is 27.7 Å². The zero-order valence-electron chi connectivity index (χ0n) is 28.0. The highest BCUT2D eigenvalue weighted by atomic mass is 32.1. The number of ether oxygens (including phenoxy) is 5. The van der Waals surface area contributed by atoms with Crippen LogP contribution in [0.1, 0.15) is 83.2 Å². The standard InChI is InChI=1S/C37H50N2O5S/c1-20-10-15-37(43-19-20)21(2)31-28(44-37)18-26-23-8-9-25-33-27(12-14-35(25,3)24(23)11-13-36(26,31)4)39-34(45-33)38-22-16-29(40-5)32(42-7)30(17-22)41-6/h9,16-17,20-21,23-24,26,28,31H,8,10-15,18-19H2,1-7H3,(H,38,39)/t20-,21+,23-,24+,26+,28+,31+,35-,36+,37+/m1/s1. The van der Waals surface area contributed by atoms with Crippen molar-refractivity contribution in [3.8, 4) is 17.2 Å². The number of thiazole rings is 1. The maximum atomic E-state index is 7.01. The number of allylic oxidation sites excluding steroid dienone is 2. The summed E-state index contributed by atoms with van der Waals surface area (Å²) < 4.78 is 30.3. The number of fused-ring (bicyclic) bond motifs is 9. The van der Waals surface area contributed by atoms with E-state index in [2.05, 4.69) is 39.1 Å². The van der Waals surface area contributed by atoms with Gasteiger partial charge in [0.15, 0.2) is 22.4 Å². The highest BCUT2D eigenvalue weighted by molar-refractivity contribution is 7.16. The molecule has 4 aliphatic carbocycles. The van der Waals surface area contributed by atoms with Crippen LogP contribution in [0.25, 0.3) is 5.57 Å². The average molecular weight is 635 g/mol. The third kappa shape index (κ3) is 4.30. The molecule has 1 aromatic heterocycles. The van der Waals surface area contributed by atoms with Gasteiger partial charge in [-0.1, -0.05) is 45.1 Å². The highest BCUT2D eigenvalue weighted by Gasteiger charge is 2.68. The van der Waals surface area contributed by atoms with Crippen molar-refractivity contribution in [2.24, 2.45) is 46.3 Å². The molecule has 2 aliphatic heterocycles. The van der Waals surface area contributed by atoms with Gasteiger partial charge in [0.1, 0.15) is 0 Å². The molecule has 8 rings (SSSR count). The van der Waals surface area contributed by atoms with Crippen LogP contribution in [0.15, 0.2) is 18.2 Å². The van der Waals surface area contributed by atoms with Gasteiger partial charge in [-0.25, -0.2) is 4.98 Å². The van der Waals surface area contributed by atoms with E-state index >= 15 is 0 Å². The summed E-state index contributed by atoms with van der Waals surface area (Å²) in [6, 6.07) is 3.89. The molecule has 7 nitrogen and oxygen atoms in total. The van der Waals surface area contributed by atoms with Crippen molar-refractivity contribution in [1.29, 1.82) is 0 Å². The molecule has 3 heterocycles. The second-order valence-corrected chi connectivity index (χ2v) is 16.5. The average Bonchev–Trinajstić information content (AvgIpc) is 3.66. The van der Waals surface area contributed by atoms with E-state index in [0.717, 1.165) is 42.1 Å². The highest BCUT2D eigenvalue weighted by Crippen LogP contribution is 2.71. The Morgan fingerprint density at radius 3 is 2.44 bits per heavy atom. The van der Waals surface area contributed by atoms with Crippen molar-refractivity contribution in [3.63, 3.8) is 0 Å². The Kier molecular flexibility index (Phi) is 7.09. The summed E-state index contributed by atoms with van der Waals surface area (Å²) in [5.41, 5.74) is 4.20. The van der Waals surface area contributed by atoms with Gasteiger partial charge in [-0.2, -0.15) is 0 Å². The molecular weight excluding hydrogens is 584 g/mol. The van der Waals surface area contributed by atoms with Gasteiger partial charge < -0.3 is 29.0 Å². The van der Waals surface area contributed by atoms with Crippen molar-refractivity contribution in [2.45, 2.75) is 91.0 Å². The Labute approximate surface area is 272 Å². The predicted molar refractivity (Wildman–Crippen MR) is 178 cm³/mol. The molecule has 6 aliphatic rings. The molecular formula is C37H50N2O5S. The van der Waals surface area contributed by atoms with Crippen molar-refractivity contribution in [1.82, 2.24) is 4.98 Å². The number of nitrogens with one attached hydrogen (secondary N) is 1. The first-order valence-electron chi connectivity index (χ1n) is 17.2. The molecule has 0 unspecified atom stereocenters. The lowest BCUT2D eigenvalue weighted by molar-refractivity contribution is -0.272. The molecule has 2 aromatic rings. The fourth-order valence-corrected chi connectivity index (χ4v) is 12.4. The van der Waals surface area contributed by atoms with E-state index in [1.54, 1.807) is 38.2 Å². The minimum atomic E-state index is -0.335. The van der Waals surface area contributed by atoms with Gasteiger partial charge in [-0.3, -0.25) is 0 Å². The van der Waals surface area contributed by atoms with Crippen molar-refractivity contribution < 1.29 is 23.7 Å². The number of rotatable bonds is 5. The number of methoxy groups -OCH3 is 3. The number of nitrogens with zero attached hydrogens (tertiary/aromatic N) is 1. The quantitative estimate of drug-likeness (QED) is 0.354. The zero-order chi connectivity index (χ0) is 31.3. The maximum Gasteiger partial charge on any atom is 0.203 e. The van der Waals surface area contributed by atoms with Crippen LogP contribution in [0.4, 0.5) is 10.8 Å². The smallest absolute Gasteiger partial charge is 0.203 e. The monoisotopic (exact) mass is 634 g/mol. The van der Waals surface area contributed by atoms with Crippen molar-refractivity contribution in [2.75, 3.05) is 33.3 Å². The normalized spacial score (nSPS) is 41.3. The molecule has 1 N–H and O–H groups in total. The zero-order valence-corrected chi connectivity index (χ0v) is 28.9. The number of aromatic nitrogens is 1. The lowest BCUT2D eigenvalue weighted by Crippen LogP contribution is -2.51. The van der Waals surface area contributed by atoms with Gasteiger partial charge in [-0.05, 0) is 90.9 Å². The molecule has 0 radical (unpaired) electrons. The largest absolute Gasteiger partial charge is 0.493 e. The minimum absolute atomic E-state index is 0.196. The third-order valence-corrected chi connectivity index (χ3v) is 14.5. The van der Waals surface area contributed by atoms with Crippen LogP contribution in [0, 0.1) is 46.3 Å². The fourth-order valence-electron chi connectivity index (χ4n) is 11.2. The summed E-state index contributed by atoms with van der Waals surface area (Å²) >= 11 is 1.80. The first-order chi connectivity index (χ1) is 21.6. The molecule has 1 spiro atoms. The second kappa shape index (κ2) is 10.6. The van der Waals surface area contributed by atoms with Crippen LogP contribution >= 0.6 is 11.3 Å². The molecule has 10 atom stereocenters. The van der Waals surface area contributed by atoms with E-state index in [4.69, 9.17) is 28.7 Å². The van der Waals surface area contributed by atoms with Crippen LogP contribution < -0.4 is 19.5 Å². The van der Waals surface area contributed by atoms with Crippen LogP contribution in [0.2, 0.25) is 0 Å². The minimum Gasteiger partial charge on any atom is -0.493 e. The number of hydrogen-bond donors (Lipinski definition) is 1. The number of aryl methyl sites for hydroxylation is 1. The molecule has 1 aromatic carbocycles. The summed E-state index contributed by atoms with van der Waals surface area (Å²) in [5.74, 6) is 5.41. The number of anilines is 2. The van der Waals surface area contributed by atoms with Gasteiger partial charge in [0.2, 0.25) is 5.75 Å². The van der Waals surface area contributed by atoms with Crippen LogP contribution in [0.5, 0.6) is 17.2 Å². The fraction of sp³-hybridized carbons (Fsp3) is 0.703. The summed E-state index contributed by atoms with van der Waals surface area (Å²) in [4.78, 5) is 6.49. The van der Waals surface area contributed by atoms with E-state index in [0.29, 0.717) is 52.4 Å². The van der Waals surface area contributed by atoms with E-state index < -0.39 is 0 Å². The Hall–Kier alpha value is -2.29.